The van der Waals surface area contributed by atoms with Gasteiger partial charge in [-0.15, -0.1) is 0 Å². The largest absolute Gasteiger partial charge is 0.462 e. The second-order valence-electron chi connectivity index (χ2n) is 3.49. The highest BCUT2D eigenvalue weighted by Gasteiger charge is 2.14. The number of pyridine rings is 2. The summed E-state index contributed by atoms with van der Waals surface area (Å²) in [5.41, 5.74) is 6.26. The Bertz CT molecular complexity index is 631. The van der Waals surface area contributed by atoms with Crippen molar-refractivity contribution in [1.82, 2.24) is 4.40 Å². The summed E-state index contributed by atoms with van der Waals surface area (Å²) in [5.74, 6) is -0.651. The molecule has 0 spiro atoms. The number of nitrogens with zero attached hydrogens (tertiary/aromatic N) is 1. The van der Waals surface area contributed by atoms with Crippen LogP contribution in [0.1, 0.15) is 17.3 Å². The van der Waals surface area contributed by atoms with Crippen molar-refractivity contribution in [2.75, 3.05) is 12.3 Å². The van der Waals surface area contributed by atoms with Gasteiger partial charge in [0, 0.05) is 6.20 Å². The molecule has 2 aromatic rings. The van der Waals surface area contributed by atoms with Crippen LogP contribution in [0, 0.1) is 0 Å². The Kier molecular flexibility index (Phi) is 2.82. The van der Waals surface area contributed by atoms with E-state index >= 15 is 0 Å². The number of nitrogen functional groups attached to an aromatic ring is 1. The number of hydrogen-bond acceptors (Lipinski definition) is 4. The molecular formula is C12H12N2O3. The molecule has 0 unspecified atom stereocenters. The topological polar surface area (TPSA) is 73.8 Å². The fourth-order valence-corrected chi connectivity index (χ4v) is 1.63. The average molecular weight is 232 g/mol. The lowest BCUT2D eigenvalue weighted by molar-refractivity contribution is 0.0524. The predicted molar refractivity (Wildman–Crippen MR) is 64.0 cm³/mol. The van der Waals surface area contributed by atoms with E-state index in [0.29, 0.717) is 11.2 Å². The first-order chi connectivity index (χ1) is 8.15. The van der Waals surface area contributed by atoms with E-state index in [1.54, 1.807) is 31.3 Å². The first kappa shape index (κ1) is 11.2. The maximum Gasteiger partial charge on any atom is 0.343 e. The van der Waals surface area contributed by atoms with E-state index in [1.807, 2.05) is 0 Å². The molecule has 2 aromatic heterocycles. The van der Waals surface area contributed by atoms with Crippen LogP contribution in [0.5, 0.6) is 0 Å². The summed E-state index contributed by atoms with van der Waals surface area (Å²) >= 11 is 0. The number of hydrogen-bond donors (Lipinski definition) is 1. The molecule has 0 aliphatic rings. The molecule has 2 N–H and O–H groups in total. The molecule has 0 radical (unpaired) electrons. The zero-order chi connectivity index (χ0) is 12.4. The summed E-state index contributed by atoms with van der Waals surface area (Å²) in [7, 11) is 0. The molecule has 5 heteroatoms. The van der Waals surface area contributed by atoms with Gasteiger partial charge in [0.2, 0.25) is 0 Å². The van der Waals surface area contributed by atoms with Crippen molar-refractivity contribution >= 4 is 17.2 Å². The molecule has 0 atom stereocenters. The van der Waals surface area contributed by atoms with E-state index < -0.39 is 11.5 Å². The molecule has 2 rings (SSSR count). The summed E-state index contributed by atoms with van der Waals surface area (Å²) in [4.78, 5) is 23.6. The van der Waals surface area contributed by atoms with Crippen molar-refractivity contribution in [3.05, 3.63) is 46.4 Å². The molecule has 2 heterocycles. The molecule has 0 fully saturated rings. The quantitative estimate of drug-likeness (QED) is 0.785. The second kappa shape index (κ2) is 4.29. The van der Waals surface area contributed by atoms with Crippen LogP contribution in [0.2, 0.25) is 0 Å². The highest BCUT2D eigenvalue weighted by atomic mass is 16.5. The predicted octanol–water partition coefficient (Wildman–Crippen LogP) is 1.06. The van der Waals surface area contributed by atoms with E-state index in [4.69, 9.17) is 10.5 Å². The van der Waals surface area contributed by atoms with Crippen LogP contribution >= 0.6 is 0 Å². The smallest absolute Gasteiger partial charge is 0.343 e. The van der Waals surface area contributed by atoms with Crippen LogP contribution in [0.25, 0.3) is 5.52 Å². The third kappa shape index (κ3) is 1.87. The lowest BCUT2D eigenvalue weighted by Gasteiger charge is -2.07. The molecule has 0 saturated heterocycles. The molecule has 0 amide bonds. The molecular weight excluding hydrogens is 220 g/mol. The number of esters is 1. The van der Waals surface area contributed by atoms with Crippen LogP contribution in [-0.2, 0) is 4.74 Å². The minimum absolute atomic E-state index is 0.0481. The Morgan fingerprint density at radius 1 is 1.47 bits per heavy atom. The van der Waals surface area contributed by atoms with Crippen LogP contribution in [0.3, 0.4) is 0 Å². The second-order valence-corrected chi connectivity index (χ2v) is 3.49. The maximum atomic E-state index is 12.0. The van der Waals surface area contributed by atoms with Gasteiger partial charge in [0.1, 0.15) is 5.56 Å². The monoisotopic (exact) mass is 232 g/mol. The summed E-state index contributed by atoms with van der Waals surface area (Å²) in [6.45, 7) is 1.90. The highest BCUT2D eigenvalue weighted by Crippen LogP contribution is 2.12. The molecule has 0 aromatic carbocycles. The lowest BCUT2D eigenvalue weighted by Crippen LogP contribution is -2.24. The van der Waals surface area contributed by atoms with Gasteiger partial charge in [0.05, 0.1) is 17.8 Å². The highest BCUT2D eigenvalue weighted by molar-refractivity contribution is 5.91. The zero-order valence-corrected chi connectivity index (χ0v) is 9.34. The zero-order valence-electron chi connectivity index (χ0n) is 9.34. The Morgan fingerprint density at radius 3 is 2.94 bits per heavy atom. The Balaban J connectivity index is 2.71. The van der Waals surface area contributed by atoms with Gasteiger partial charge in [0.25, 0.3) is 5.56 Å². The average Bonchev–Trinajstić information content (AvgIpc) is 2.34. The Hall–Kier alpha value is -2.30. The molecule has 0 saturated carbocycles. The van der Waals surface area contributed by atoms with Crippen LogP contribution in [0.15, 0.2) is 35.3 Å². The van der Waals surface area contributed by atoms with Gasteiger partial charge in [-0.3, -0.25) is 9.20 Å². The maximum absolute atomic E-state index is 12.0. The van der Waals surface area contributed by atoms with Crippen molar-refractivity contribution in [3.63, 3.8) is 0 Å². The normalized spacial score (nSPS) is 10.4. The first-order valence-corrected chi connectivity index (χ1v) is 5.22. The SMILES string of the molecule is CCOC(=O)c1cc(N)c2ccccn2c1=O. The number of nitrogens with two attached hydrogens (primary N) is 1. The van der Waals surface area contributed by atoms with Gasteiger partial charge in [0.15, 0.2) is 0 Å². The molecule has 0 aliphatic carbocycles. The summed E-state index contributed by atoms with van der Waals surface area (Å²) in [5, 5.41) is 0. The van der Waals surface area contributed by atoms with Crippen molar-refractivity contribution < 1.29 is 9.53 Å². The van der Waals surface area contributed by atoms with Crippen LogP contribution in [0.4, 0.5) is 5.69 Å². The van der Waals surface area contributed by atoms with Crippen molar-refractivity contribution in [1.29, 1.82) is 0 Å². The molecule has 17 heavy (non-hydrogen) atoms. The van der Waals surface area contributed by atoms with E-state index in [1.165, 1.54) is 10.5 Å². The fourth-order valence-electron chi connectivity index (χ4n) is 1.63. The van der Waals surface area contributed by atoms with Gasteiger partial charge in [-0.05, 0) is 25.1 Å². The third-order valence-corrected chi connectivity index (χ3v) is 2.40. The minimum Gasteiger partial charge on any atom is -0.462 e. The van der Waals surface area contributed by atoms with Crippen molar-refractivity contribution in [2.24, 2.45) is 0 Å². The third-order valence-electron chi connectivity index (χ3n) is 2.40. The van der Waals surface area contributed by atoms with Crippen LogP contribution in [-0.4, -0.2) is 17.0 Å². The first-order valence-electron chi connectivity index (χ1n) is 5.22. The van der Waals surface area contributed by atoms with Gasteiger partial charge >= 0.3 is 5.97 Å². The van der Waals surface area contributed by atoms with E-state index in [-0.39, 0.29) is 12.2 Å². The standard InChI is InChI=1S/C12H12N2O3/c1-2-17-12(16)8-7-9(13)10-5-3-4-6-14(10)11(8)15/h3-7H,2,13H2,1H3. The van der Waals surface area contributed by atoms with E-state index in [2.05, 4.69) is 0 Å². The van der Waals surface area contributed by atoms with Crippen LogP contribution < -0.4 is 11.3 Å². The number of carbonyl (C=O) groups is 1. The van der Waals surface area contributed by atoms with E-state index in [9.17, 15) is 9.59 Å². The van der Waals surface area contributed by atoms with Gasteiger partial charge in [-0.25, -0.2) is 4.79 Å². The lowest BCUT2D eigenvalue weighted by atomic mass is 10.2. The molecule has 0 bridgehead atoms. The van der Waals surface area contributed by atoms with Gasteiger partial charge in [-0.2, -0.15) is 0 Å². The van der Waals surface area contributed by atoms with E-state index in [0.717, 1.165) is 0 Å². The molecule has 88 valence electrons. The molecule has 0 aliphatic heterocycles. The number of anilines is 1. The molecule has 5 nitrogen and oxygen atoms in total. The Labute approximate surface area is 97.4 Å². The number of fused-ring (bicyclic) bond motifs is 1. The summed E-state index contributed by atoms with van der Waals surface area (Å²) in [6, 6.07) is 6.54. The Morgan fingerprint density at radius 2 is 2.24 bits per heavy atom. The summed E-state index contributed by atoms with van der Waals surface area (Å²) in [6.07, 6.45) is 1.57. The number of carbonyl (C=O) groups excluding carboxylic acids is 1. The summed E-state index contributed by atoms with van der Waals surface area (Å²) < 4.78 is 6.14. The number of aromatic nitrogens is 1. The minimum atomic E-state index is -0.651. The number of rotatable bonds is 2. The van der Waals surface area contributed by atoms with Crippen molar-refractivity contribution in [3.8, 4) is 0 Å². The van der Waals surface area contributed by atoms with Crippen molar-refractivity contribution in [2.45, 2.75) is 6.92 Å². The fraction of sp³-hybridized carbons (Fsp3) is 0.167. The number of ether oxygens (including phenoxy) is 1. The van der Waals surface area contributed by atoms with Gasteiger partial charge in [-0.1, -0.05) is 6.07 Å². The van der Waals surface area contributed by atoms with Gasteiger partial charge < -0.3 is 10.5 Å².